The van der Waals surface area contributed by atoms with E-state index in [4.69, 9.17) is 9.72 Å². The summed E-state index contributed by atoms with van der Waals surface area (Å²) in [7, 11) is 0. The molecule has 5 nitrogen and oxygen atoms in total. The first-order valence-electron chi connectivity index (χ1n) is 32.3. The molecule has 0 amide bonds. The fourth-order valence-electron chi connectivity index (χ4n) is 14.1. The molecule has 2 aromatic heterocycles. The van der Waals surface area contributed by atoms with Gasteiger partial charge in [0.2, 0.25) is 5.82 Å². The summed E-state index contributed by atoms with van der Waals surface area (Å²) < 4.78 is 90.4. The molecule has 13 rings (SSSR count). The number of halogens is 5. The third-order valence-corrected chi connectivity index (χ3v) is 19.2. The monoisotopic (exact) mass is 1400 g/mol. The average molecular weight is 1400 g/mol. The van der Waals surface area contributed by atoms with E-state index < -0.39 is 40.1 Å². The van der Waals surface area contributed by atoms with Crippen LogP contribution in [0.4, 0.5) is 44.7 Å². The van der Waals surface area contributed by atoms with Crippen LogP contribution in [0.15, 0.2) is 140 Å². The van der Waals surface area contributed by atoms with Gasteiger partial charge >= 0.3 is 0 Å². The molecule has 2 saturated carbocycles. The van der Waals surface area contributed by atoms with Gasteiger partial charge in [0.1, 0.15) is 5.82 Å². The number of benzene rings is 8. The van der Waals surface area contributed by atoms with Crippen LogP contribution >= 0.6 is 0 Å². The Kier molecular flexibility index (Phi) is 17.6. The maximum atomic E-state index is 17.0. The summed E-state index contributed by atoms with van der Waals surface area (Å²) in [5, 5.41) is 2.06. The summed E-state index contributed by atoms with van der Waals surface area (Å²) in [4.78, 5) is 8.82. The Balaban J connectivity index is 0.00000800. The number of pyridine rings is 1. The minimum Gasteiger partial charge on any atom is -0.509 e. The van der Waals surface area contributed by atoms with Gasteiger partial charge in [-0.25, -0.2) is 26.9 Å². The number of anilines is 4. The smallest absolute Gasteiger partial charge is 0.200 e. The Morgan fingerprint density at radius 1 is 0.516 bits per heavy atom. The van der Waals surface area contributed by atoms with Crippen LogP contribution in [0.3, 0.4) is 0 Å². The Labute approximate surface area is 548 Å². The van der Waals surface area contributed by atoms with Gasteiger partial charge in [-0.2, -0.15) is 6.07 Å². The van der Waals surface area contributed by atoms with Crippen LogP contribution < -0.4 is 14.5 Å². The second-order valence-electron chi connectivity index (χ2n) is 27.9. The standard InChI is InChI=1S/C80H78F5N4O.Pt/c1-47(2)51-36-52(48(3)4)38-53(37-51)64-41-56(80(8,9)10)42-65(72-73(81)75(83)77(85)76(84)74(72)82)78(64)88-46-87(67-30-19-20-31-68(67)88)57-39-54(71-60(49-22-13-11-14-23-49)27-21-28-61(71)50-24-15-12-16-25-50)40-59(44-57)90-58-32-33-63-62-26-17-18-29-66(62)89(69(63)45-58)70-43-55(34-35-86-70)79(5,6)7;/h17-21,26-43,46-50H,11-16,22-25H2,1-10H3;/q-3;. The summed E-state index contributed by atoms with van der Waals surface area (Å²) in [6.07, 6.45) is 13.3. The molecule has 11 heteroatoms. The minimum atomic E-state index is -2.22. The van der Waals surface area contributed by atoms with Crippen molar-refractivity contribution in [3.05, 3.63) is 221 Å². The fourth-order valence-corrected chi connectivity index (χ4v) is 14.1. The van der Waals surface area contributed by atoms with Crippen molar-refractivity contribution in [2.24, 2.45) is 0 Å². The molecule has 1 aliphatic heterocycles. The molecule has 0 saturated heterocycles. The molecule has 8 aromatic carbocycles. The predicted molar refractivity (Wildman–Crippen MR) is 358 cm³/mol. The molecule has 0 atom stereocenters. The van der Waals surface area contributed by atoms with E-state index >= 15 is 22.0 Å². The van der Waals surface area contributed by atoms with Gasteiger partial charge in [-0.1, -0.05) is 180 Å². The van der Waals surface area contributed by atoms with Crippen molar-refractivity contribution >= 4 is 44.6 Å². The zero-order valence-electron chi connectivity index (χ0n) is 53.6. The van der Waals surface area contributed by atoms with Crippen molar-refractivity contribution in [3.63, 3.8) is 0 Å². The van der Waals surface area contributed by atoms with Gasteiger partial charge in [-0.3, -0.25) is 0 Å². The SMILES string of the molecule is CC(C)c1cc(-c2cc(C(C)(C)C)cc(-c3c(F)c(F)c(F)c(F)c3F)c2N2[CH-]N(c3[c-]c(Oc4[c-]c5c(cc4)c4ccccc4n5-c4cc(C(C)(C)C)ccn4)cc(-c4c(C5CCCCC5)cccc4C4CCCCC4)c3)c3ccccc32)cc(C(C)C)c1.[Pt]. The number of aromatic nitrogens is 2. The van der Waals surface area contributed by atoms with E-state index in [1.54, 1.807) is 6.07 Å². The van der Waals surface area contributed by atoms with Gasteiger partial charge in [0.25, 0.3) is 0 Å². The second kappa shape index (κ2) is 25.2. The van der Waals surface area contributed by atoms with Crippen molar-refractivity contribution < 1.29 is 47.8 Å². The van der Waals surface area contributed by atoms with Gasteiger partial charge in [0.05, 0.1) is 5.56 Å². The van der Waals surface area contributed by atoms with E-state index in [0.717, 1.165) is 107 Å². The molecule has 0 bridgehead atoms. The largest absolute Gasteiger partial charge is 0.509 e. The number of para-hydroxylation sites is 3. The van der Waals surface area contributed by atoms with Crippen molar-refractivity contribution in [1.29, 1.82) is 0 Å². The Morgan fingerprint density at radius 2 is 1.09 bits per heavy atom. The molecule has 3 aliphatic rings. The molecule has 91 heavy (non-hydrogen) atoms. The number of hydrogen-bond acceptors (Lipinski definition) is 4. The zero-order valence-corrected chi connectivity index (χ0v) is 55.9. The molecule has 472 valence electrons. The predicted octanol–water partition coefficient (Wildman–Crippen LogP) is 23.6. The molecule has 2 fully saturated rings. The molecule has 0 spiro atoms. The molecule has 0 unspecified atom stereocenters. The molecule has 2 aliphatic carbocycles. The first kappa shape index (κ1) is 63.6. The fraction of sp³-hybridized carbons (Fsp3) is 0.325. The Bertz CT molecular complexity index is 4320. The van der Waals surface area contributed by atoms with Gasteiger partial charge in [0.15, 0.2) is 23.3 Å². The molecular formula is C80H78F5N4OPt-3. The number of hydrogen-bond donors (Lipinski definition) is 0. The number of nitrogens with zero attached hydrogens (tertiary/aromatic N) is 4. The van der Waals surface area contributed by atoms with E-state index in [0.29, 0.717) is 51.5 Å². The van der Waals surface area contributed by atoms with Crippen molar-refractivity contribution in [2.75, 3.05) is 9.80 Å². The number of ether oxygens (including phenoxy) is 1. The number of fused-ring (bicyclic) bond motifs is 4. The summed E-state index contributed by atoms with van der Waals surface area (Å²) >= 11 is 0. The van der Waals surface area contributed by atoms with E-state index in [9.17, 15) is 0 Å². The second-order valence-corrected chi connectivity index (χ2v) is 27.9. The Morgan fingerprint density at radius 3 is 1.69 bits per heavy atom. The van der Waals surface area contributed by atoms with Gasteiger partial charge in [0, 0.05) is 72.5 Å². The summed E-state index contributed by atoms with van der Waals surface area (Å²) in [6.45, 7) is 22.9. The maximum Gasteiger partial charge on any atom is 0.200 e. The molecule has 0 radical (unpaired) electrons. The van der Waals surface area contributed by atoms with E-state index in [-0.39, 0.29) is 49.6 Å². The van der Waals surface area contributed by atoms with Gasteiger partial charge in [-0.05, 0) is 153 Å². The molecule has 10 aromatic rings. The topological polar surface area (TPSA) is 33.5 Å². The summed E-state index contributed by atoms with van der Waals surface area (Å²) in [6, 6.07) is 53.0. The quantitative estimate of drug-likeness (QED) is 0.0528. The Hall–Kier alpha value is -7.55. The van der Waals surface area contributed by atoms with Crippen molar-refractivity contribution in [2.45, 2.75) is 168 Å². The van der Waals surface area contributed by atoms with E-state index in [2.05, 4.69) is 144 Å². The van der Waals surface area contributed by atoms with Crippen LogP contribution in [0.25, 0.3) is 61.0 Å². The molecule has 3 heterocycles. The van der Waals surface area contributed by atoms with E-state index in [1.807, 2.05) is 92.0 Å². The summed E-state index contributed by atoms with van der Waals surface area (Å²) in [5.41, 5.74) is 12.0. The third-order valence-electron chi connectivity index (χ3n) is 19.2. The third kappa shape index (κ3) is 11.9. The van der Waals surface area contributed by atoms with Gasteiger partial charge in [-0.15, -0.1) is 53.6 Å². The summed E-state index contributed by atoms with van der Waals surface area (Å²) in [5.74, 6) is -7.50. The van der Waals surface area contributed by atoms with Crippen LogP contribution in [0.2, 0.25) is 0 Å². The zero-order chi connectivity index (χ0) is 63.1. The first-order valence-corrected chi connectivity index (χ1v) is 32.3. The molecule has 0 N–H and O–H groups in total. The van der Waals surface area contributed by atoms with Crippen LogP contribution in [-0.4, -0.2) is 9.55 Å². The normalized spacial score (nSPS) is 15.1. The average Bonchev–Trinajstić information content (AvgIpc) is 1.71. The van der Waals surface area contributed by atoms with Crippen LogP contribution in [0.5, 0.6) is 11.5 Å². The van der Waals surface area contributed by atoms with Crippen molar-refractivity contribution in [3.8, 4) is 50.7 Å². The maximum absolute atomic E-state index is 17.0. The first-order chi connectivity index (χ1) is 43.1. The number of rotatable bonds is 12. The molecular weight excluding hydrogens is 1320 g/mol. The van der Waals surface area contributed by atoms with Gasteiger partial charge < -0.3 is 19.1 Å². The van der Waals surface area contributed by atoms with Crippen LogP contribution in [0, 0.1) is 47.9 Å². The minimum absolute atomic E-state index is 0. The van der Waals surface area contributed by atoms with E-state index in [1.165, 1.54) is 29.5 Å². The van der Waals surface area contributed by atoms with Crippen molar-refractivity contribution in [1.82, 2.24) is 9.55 Å². The van der Waals surface area contributed by atoms with Crippen LogP contribution in [0.1, 0.15) is 190 Å². The van der Waals surface area contributed by atoms with Crippen LogP contribution in [-0.2, 0) is 31.9 Å².